The molecule has 7 nitrogen and oxygen atoms in total. The summed E-state index contributed by atoms with van der Waals surface area (Å²) < 4.78 is 44.0. The third kappa shape index (κ3) is 6.95. The van der Waals surface area contributed by atoms with Gasteiger partial charge in [0.15, 0.2) is 8.32 Å². The van der Waals surface area contributed by atoms with Gasteiger partial charge in [0.1, 0.15) is 0 Å². The van der Waals surface area contributed by atoms with E-state index in [0.29, 0.717) is 22.6 Å². The van der Waals surface area contributed by atoms with Gasteiger partial charge in [-0.15, -0.1) is 0 Å². The molecule has 1 unspecified atom stereocenters. The third-order valence-electron chi connectivity index (χ3n) is 9.95. The van der Waals surface area contributed by atoms with Gasteiger partial charge in [-0.2, -0.15) is 0 Å². The first-order valence-corrected chi connectivity index (χ1v) is 21.3. The topological polar surface area (TPSA) is 76.2 Å². The van der Waals surface area contributed by atoms with E-state index in [1.54, 1.807) is 41.3 Å². The summed E-state index contributed by atoms with van der Waals surface area (Å²) in [5.74, 6) is -0.0159. The van der Waals surface area contributed by atoms with E-state index < -0.39 is 36.5 Å². The maximum atomic E-state index is 14.7. The smallest absolute Gasteiger partial charge is 0.411 e. The molecule has 0 N–H and O–H groups in total. The van der Waals surface area contributed by atoms with Gasteiger partial charge in [-0.25, -0.2) is 17.5 Å². The normalized spacial score (nSPS) is 19.9. The van der Waals surface area contributed by atoms with E-state index in [4.69, 9.17) is 20.8 Å². The number of rotatable bonds is 9. The second kappa shape index (κ2) is 13.4. The molecule has 0 spiro atoms. The Labute approximate surface area is 296 Å². The molecule has 4 aromatic carbocycles. The van der Waals surface area contributed by atoms with Crippen molar-refractivity contribution in [2.75, 3.05) is 0 Å². The highest BCUT2D eigenvalue weighted by molar-refractivity contribution is 7.89. The van der Waals surface area contributed by atoms with Crippen molar-refractivity contribution in [2.45, 2.75) is 81.9 Å². The maximum Gasteiger partial charge on any atom is 0.417 e. The number of hydrogen-bond donors (Lipinski definition) is 0. The number of amides is 1. The number of carbonyl (C=O) groups is 1. The number of hydrogen-bond acceptors (Lipinski definition) is 5. The van der Waals surface area contributed by atoms with Crippen molar-refractivity contribution >= 4 is 41.6 Å². The number of carbonyl (C=O) groups excluding carboxylic acids is 1. The van der Waals surface area contributed by atoms with E-state index in [0.717, 1.165) is 16.7 Å². The van der Waals surface area contributed by atoms with Gasteiger partial charge in [0.25, 0.3) is 10.0 Å². The molecule has 10 heteroatoms. The Morgan fingerprint density at radius 3 is 2.08 bits per heavy atom. The summed E-state index contributed by atoms with van der Waals surface area (Å²) in [6.07, 6.45) is -0.532. The number of ether oxygens (including phenoxy) is 1. The number of aryl methyl sites for hydroxylation is 1. The first-order valence-electron chi connectivity index (χ1n) is 16.5. The predicted molar refractivity (Wildman–Crippen MR) is 197 cm³/mol. The molecule has 0 radical (unpaired) electrons. The van der Waals surface area contributed by atoms with Crippen molar-refractivity contribution in [1.82, 2.24) is 9.21 Å². The molecule has 2 aliphatic rings. The van der Waals surface area contributed by atoms with Crippen LogP contribution >= 0.6 is 11.6 Å². The van der Waals surface area contributed by atoms with E-state index in [1.807, 2.05) is 79.7 Å². The number of benzene rings is 4. The van der Waals surface area contributed by atoms with Gasteiger partial charge in [-0.1, -0.05) is 123 Å². The third-order valence-corrected chi connectivity index (χ3v) is 16.5. The average Bonchev–Trinajstić information content (AvgIpc) is 3.43. The molecule has 2 heterocycles. The monoisotopic (exact) mass is 714 g/mol. The van der Waals surface area contributed by atoms with Crippen LogP contribution in [-0.2, 0) is 25.7 Å². The number of fused-ring (bicyclic) bond motifs is 1. The fourth-order valence-corrected chi connectivity index (χ4v) is 9.21. The van der Waals surface area contributed by atoms with Crippen molar-refractivity contribution in [3.63, 3.8) is 0 Å². The first-order chi connectivity index (χ1) is 23.2. The van der Waals surface area contributed by atoms with E-state index >= 15 is 0 Å². The summed E-state index contributed by atoms with van der Waals surface area (Å²) in [5.41, 5.74) is 3.90. The van der Waals surface area contributed by atoms with Gasteiger partial charge < -0.3 is 9.16 Å². The fourth-order valence-electron chi connectivity index (χ4n) is 6.34. The van der Waals surface area contributed by atoms with Crippen LogP contribution in [0.5, 0.6) is 0 Å². The molecule has 3 atom stereocenters. The van der Waals surface area contributed by atoms with E-state index in [9.17, 15) is 13.2 Å². The Balaban J connectivity index is 1.58. The van der Waals surface area contributed by atoms with Gasteiger partial charge in [-0.05, 0) is 72.4 Å². The zero-order valence-corrected chi connectivity index (χ0v) is 31.3. The van der Waals surface area contributed by atoms with Crippen LogP contribution < -0.4 is 0 Å². The number of sulfonamides is 1. The lowest BCUT2D eigenvalue weighted by Gasteiger charge is -2.41. The predicted octanol–water partition coefficient (Wildman–Crippen LogP) is 9.56. The molecule has 4 aromatic rings. The van der Waals surface area contributed by atoms with Crippen LogP contribution in [0, 0.1) is 6.92 Å². The Kier molecular flexibility index (Phi) is 9.58. The van der Waals surface area contributed by atoms with Crippen LogP contribution in [0.2, 0.25) is 23.2 Å². The zero-order chi connectivity index (χ0) is 35.1. The highest BCUT2D eigenvalue weighted by Gasteiger charge is 2.54. The molecule has 1 saturated heterocycles. The van der Waals surface area contributed by atoms with E-state index in [2.05, 4.69) is 33.9 Å². The molecule has 0 aliphatic carbocycles. The summed E-state index contributed by atoms with van der Waals surface area (Å²) in [7, 11) is -6.54. The molecule has 256 valence electrons. The minimum atomic E-state index is -4.21. The van der Waals surface area contributed by atoms with Crippen LogP contribution in [0.4, 0.5) is 4.79 Å². The Morgan fingerprint density at radius 1 is 0.898 bits per heavy atom. The van der Waals surface area contributed by atoms with E-state index in [-0.39, 0.29) is 28.5 Å². The second-order valence-electron chi connectivity index (χ2n) is 14.3. The fraction of sp³-hybridized carbons (Fsp3) is 0.308. The molecule has 1 amide bonds. The van der Waals surface area contributed by atoms with Gasteiger partial charge in [-0.3, -0.25) is 4.90 Å². The summed E-state index contributed by atoms with van der Waals surface area (Å²) in [4.78, 5) is 16.3. The lowest BCUT2D eigenvalue weighted by atomic mass is 9.95. The van der Waals surface area contributed by atoms with Crippen molar-refractivity contribution < 1.29 is 22.4 Å². The van der Waals surface area contributed by atoms with Gasteiger partial charge >= 0.3 is 6.09 Å². The van der Waals surface area contributed by atoms with Gasteiger partial charge in [0.2, 0.25) is 5.88 Å². The van der Waals surface area contributed by atoms with Crippen molar-refractivity contribution in [2.24, 2.45) is 0 Å². The highest BCUT2D eigenvalue weighted by Crippen LogP contribution is 2.50. The van der Waals surface area contributed by atoms with Gasteiger partial charge in [0.05, 0.1) is 29.6 Å². The molecule has 2 aliphatic heterocycles. The first kappa shape index (κ1) is 35.0. The molecule has 6 rings (SSSR count). The summed E-state index contributed by atoms with van der Waals surface area (Å²) in [5, 5.41) is 0.462. The van der Waals surface area contributed by atoms with Crippen LogP contribution in [0.25, 0.3) is 5.57 Å². The SMILES string of the molecule is Cc1ccc(S(=O)(=O)N(Cc2ccccc2)C2=C(c3ccc(Cl)cc3)C3C[C@H](O[Si](C)(C)C(C)(C)C)[C@@H](c4ccccc4)N3C(=O)O2)cc1. The largest absolute Gasteiger partial charge is 0.417 e. The molecule has 0 saturated carbocycles. The molecule has 0 aromatic heterocycles. The lowest BCUT2D eigenvalue weighted by Crippen LogP contribution is -2.47. The van der Waals surface area contributed by atoms with Gasteiger partial charge in [0, 0.05) is 10.6 Å². The average molecular weight is 715 g/mol. The molecular weight excluding hydrogens is 672 g/mol. The van der Waals surface area contributed by atoms with Crippen molar-refractivity contribution in [3.8, 4) is 0 Å². The quantitative estimate of drug-likeness (QED) is 0.162. The maximum absolute atomic E-state index is 14.7. The molecule has 49 heavy (non-hydrogen) atoms. The standard InChI is InChI=1S/C39H43ClN2O5SSi/c1-27-17-23-32(24-18-27)48(44,45)41(26-28-13-9-7-10-14-28)37-35(29-19-21-31(40)22-20-29)33-25-34(47-49(5,6)39(2,3)4)36(42(33)38(43)46-37)30-15-11-8-12-16-30/h7-24,33-34,36H,25-26H2,1-6H3/t33?,34-,36+/m0/s1. The summed E-state index contributed by atoms with van der Waals surface area (Å²) >= 11 is 6.36. The van der Waals surface area contributed by atoms with Crippen molar-refractivity contribution in [3.05, 3.63) is 142 Å². The molecule has 1 fully saturated rings. The minimum absolute atomic E-state index is 0.0159. The Morgan fingerprint density at radius 2 is 1.49 bits per heavy atom. The number of cyclic esters (lactones) is 1. The van der Waals surface area contributed by atoms with E-state index in [1.165, 1.54) is 4.31 Å². The van der Waals surface area contributed by atoms with Crippen LogP contribution in [0.15, 0.2) is 120 Å². The highest BCUT2D eigenvalue weighted by atomic mass is 35.5. The second-order valence-corrected chi connectivity index (χ2v) is 21.4. The molecular formula is C39H43ClN2O5SSi. The summed E-state index contributed by atoms with van der Waals surface area (Å²) in [6.45, 7) is 12.9. The Hall–Kier alpha value is -3.89. The molecule has 0 bridgehead atoms. The van der Waals surface area contributed by atoms with Crippen molar-refractivity contribution in [1.29, 1.82) is 0 Å². The van der Waals surface area contributed by atoms with Crippen LogP contribution in [-0.4, -0.2) is 44.2 Å². The summed E-state index contributed by atoms with van der Waals surface area (Å²) in [6, 6.07) is 32.2. The van der Waals surface area contributed by atoms with Crippen LogP contribution in [0.1, 0.15) is 55.5 Å². The van der Waals surface area contributed by atoms with Crippen LogP contribution in [0.3, 0.4) is 0 Å². The minimum Gasteiger partial charge on any atom is -0.411 e. The zero-order valence-electron chi connectivity index (χ0n) is 28.8. The number of nitrogens with zero attached hydrogens (tertiary/aromatic N) is 2. The Bertz CT molecular complexity index is 1940. The number of halogens is 1. The lowest BCUT2D eigenvalue weighted by molar-refractivity contribution is 0.0718.